The van der Waals surface area contributed by atoms with Gasteiger partial charge in [-0.25, -0.2) is 18.3 Å². The molecule has 0 aliphatic rings. The average molecular weight is 330 g/mol. The zero-order valence-electron chi connectivity index (χ0n) is 13.3. The van der Waals surface area contributed by atoms with E-state index in [4.69, 9.17) is 0 Å². The lowest BCUT2D eigenvalue weighted by Crippen LogP contribution is -2.13. The molecule has 3 aromatic rings. The molecule has 7 heteroatoms. The molecule has 0 radical (unpaired) electrons. The van der Waals surface area contributed by atoms with Crippen molar-refractivity contribution in [3.63, 3.8) is 0 Å². The van der Waals surface area contributed by atoms with E-state index in [0.29, 0.717) is 11.4 Å². The summed E-state index contributed by atoms with van der Waals surface area (Å²) in [4.78, 5) is 16.7. The lowest BCUT2D eigenvalue weighted by atomic mass is 10.1. The van der Waals surface area contributed by atoms with Crippen molar-refractivity contribution < 1.29 is 13.6 Å². The van der Waals surface area contributed by atoms with Crippen molar-refractivity contribution in [1.82, 2.24) is 14.6 Å². The van der Waals surface area contributed by atoms with Crippen LogP contribution in [0, 0.1) is 6.92 Å². The van der Waals surface area contributed by atoms with Crippen LogP contribution in [0.4, 0.5) is 14.5 Å². The number of carbonyl (C=O) groups is 1. The van der Waals surface area contributed by atoms with Gasteiger partial charge in [0.1, 0.15) is 11.3 Å². The minimum atomic E-state index is -2.70. The molecule has 5 nitrogen and oxygen atoms in total. The fourth-order valence-electron chi connectivity index (χ4n) is 2.50. The minimum absolute atomic E-state index is 0.120. The summed E-state index contributed by atoms with van der Waals surface area (Å²) in [5.74, 6) is -0.434. The number of fused-ring (bicyclic) bond motifs is 1. The number of hydrogen-bond acceptors (Lipinski definition) is 3. The van der Waals surface area contributed by atoms with Gasteiger partial charge >= 0.3 is 0 Å². The third kappa shape index (κ3) is 2.97. The summed E-state index contributed by atoms with van der Waals surface area (Å²) in [6.45, 7) is 3.62. The van der Waals surface area contributed by atoms with Crippen molar-refractivity contribution in [1.29, 1.82) is 0 Å². The molecule has 0 fully saturated rings. The van der Waals surface area contributed by atoms with E-state index in [1.165, 1.54) is 12.3 Å². The zero-order chi connectivity index (χ0) is 17.3. The Balaban J connectivity index is 1.98. The first-order valence-electron chi connectivity index (χ1n) is 7.53. The number of hydrogen-bond donors (Lipinski definition) is 1. The quantitative estimate of drug-likeness (QED) is 0.792. The SMILES string of the molecule is CCc1cccc(NC(=O)c2cnn3c(C(F)F)cc(C)nc23)c1. The van der Waals surface area contributed by atoms with Crippen LogP contribution in [0.5, 0.6) is 0 Å². The molecule has 1 N–H and O–H groups in total. The molecule has 0 saturated carbocycles. The molecule has 0 aliphatic heterocycles. The summed E-state index contributed by atoms with van der Waals surface area (Å²) < 4.78 is 27.3. The maximum atomic E-state index is 13.1. The third-order valence-corrected chi connectivity index (χ3v) is 3.69. The number of rotatable bonds is 4. The van der Waals surface area contributed by atoms with Crippen molar-refractivity contribution in [2.75, 3.05) is 5.32 Å². The molecular formula is C17H16F2N4O. The van der Waals surface area contributed by atoms with Gasteiger partial charge in [-0.1, -0.05) is 19.1 Å². The summed E-state index contributed by atoms with van der Waals surface area (Å²) in [6.07, 6.45) is -0.600. The Morgan fingerprint density at radius 2 is 2.12 bits per heavy atom. The van der Waals surface area contributed by atoms with Crippen LogP contribution in [0.2, 0.25) is 0 Å². The Hall–Kier alpha value is -2.83. The van der Waals surface area contributed by atoms with E-state index in [0.717, 1.165) is 16.5 Å². The van der Waals surface area contributed by atoms with E-state index in [9.17, 15) is 13.6 Å². The molecule has 3 rings (SSSR count). The molecule has 0 saturated heterocycles. The largest absolute Gasteiger partial charge is 0.322 e. The second-order valence-electron chi connectivity index (χ2n) is 5.42. The zero-order valence-corrected chi connectivity index (χ0v) is 13.3. The highest BCUT2D eigenvalue weighted by Gasteiger charge is 2.20. The summed E-state index contributed by atoms with van der Waals surface area (Å²) in [5.41, 5.74) is 2.11. The Morgan fingerprint density at radius 1 is 1.33 bits per heavy atom. The molecule has 0 spiro atoms. The highest BCUT2D eigenvalue weighted by Crippen LogP contribution is 2.22. The average Bonchev–Trinajstić information content (AvgIpc) is 2.97. The smallest absolute Gasteiger partial charge is 0.280 e. The maximum Gasteiger partial charge on any atom is 0.280 e. The summed E-state index contributed by atoms with van der Waals surface area (Å²) in [6, 6.07) is 8.71. The molecule has 0 aliphatic carbocycles. The van der Waals surface area contributed by atoms with Crippen LogP contribution >= 0.6 is 0 Å². The van der Waals surface area contributed by atoms with Crippen molar-refractivity contribution in [3.8, 4) is 0 Å². The molecule has 0 bridgehead atoms. The normalized spacial score (nSPS) is 11.2. The fourth-order valence-corrected chi connectivity index (χ4v) is 2.50. The Bertz CT molecular complexity index is 905. The van der Waals surface area contributed by atoms with Gasteiger partial charge in [0.05, 0.1) is 6.20 Å². The van der Waals surface area contributed by atoms with Crippen LogP contribution in [0.15, 0.2) is 36.5 Å². The molecule has 124 valence electrons. The van der Waals surface area contributed by atoms with E-state index in [1.807, 2.05) is 25.1 Å². The monoisotopic (exact) mass is 330 g/mol. The van der Waals surface area contributed by atoms with Gasteiger partial charge in [0.15, 0.2) is 5.65 Å². The van der Waals surface area contributed by atoms with Crippen molar-refractivity contribution >= 4 is 17.2 Å². The molecular weight excluding hydrogens is 314 g/mol. The van der Waals surface area contributed by atoms with Gasteiger partial charge in [0.2, 0.25) is 0 Å². The first-order chi connectivity index (χ1) is 11.5. The molecule has 1 aromatic carbocycles. The lowest BCUT2D eigenvalue weighted by Gasteiger charge is -2.07. The van der Waals surface area contributed by atoms with Crippen LogP contribution < -0.4 is 5.32 Å². The standard InChI is InChI=1S/C17H16F2N4O/c1-3-11-5-4-6-12(8-11)22-17(24)13-9-20-23-14(15(18)19)7-10(2)21-16(13)23/h4-9,15H,3H2,1-2H3,(H,22,24). The van der Waals surface area contributed by atoms with E-state index in [-0.39, 0.29) is 16.9 Å². The molecule has 2 heterocycles. The van der Waals surface area contributed by atoms with Crippen molar-refractivity contribution in [2.24, 2.45) is 0 Å². The molecule has 0 atom stereocenters. The molecule has 0 unspecified atom stereocenters. The maximum absolute atomic E-state index is 13.1. The van der Waals surface area contributed by atoms with E-state index >= 15 is 0 Å². The summed E-state index contributed by atoms with van der Waals surface area (Å²) in [5, 5.41) is 6.65. The van der Waals surface area contributed by atoms with Crippen LogP contribution in [0.25, 0.3) is 5.65 Å². The van der Waals surface area contributed by atoms with E-state index in [1.54, 1.807) is 13.0 Å². The lowest BCUT2D eigenvalue weighted by molar-refractivity contribution is 0.102. The van der Waals surface area contributed by atoms with Gasteiger partial charge in [-0.15, -0.1) is 0 Å². The number of alkyl halides is 2. The second kappa shape index (κ2) is 6.35. The van der Waals surface area contributed by atoms with E-state index < -0.39 is 12.3 Å². The van der Waals surface area contributed by atoms with Crippen LogP contribution in [0.3, 0.4) is 0 Å². The van der Waals surface area contributed by atoms with Crippen LogP contribution in [0.1, 0.15) is 40.7 Å². The van der Waals surface area contributed by atoms with Gasteiger partial charge < -0.3 is 5.32 Å². The Kier molecular flexibility index (Phi) is 4.24. The highest BCUT2D eigenvalue weighted by atomic mass is 19.3. The van der Waals surface area contributed by atoms with Gasteiger partial charge in [-0.2, -0.15) is 5.10 Å². The first kappa shape index (κ1) is 16.0. The number of anilines is 1. The number of halogens is 2. The number of benzene rings is 1. The summed E-state index contributed by atoms with van der Waals surface area (Å²) in [7, 11) is 0. The second-order valence-corrected chi connectivity index (χ2v) is 5.42. The number of amides is 1. The number of aromatic nitrogens is 3. The summed E-state index contributed by atoms with van der Waals surface area (Å²) >= 11 is 0. The number of carbonyl (C=O) groups excluding carboxylic acids is 1. The van der Waals surface area contributed by atoms with Gasteiger partial charge in [0, 0.05) is 11.4 Å². The van der Waals surface area contributed by atoms with Crippen molar-refractivity contribution in [2.45, 2.75) is 26.7 Å². The Labute approximate surface area is 137 Å². The molecule has 2 aromatic heterocycles. The third-order valence-electron chi connectivity index (χ3n) is 3.69. The number of nitrogens with zero attached hydrogens (tertiary/aromatic N) is 3. The molecule has 1 amide bonds. The predicted octanol–water partition coefficient (Wildman–Crippen LogP) is 3.79. The molecule has 24 heavy (non-hydrogen) atoms. The fraction of sp³-hybridized carbons (Fsp3) is 0.235. The van der Waals surface area contributed by atoms with Gasteiger partial charge in [-0.05, 0) is 37.1 Å². The van der Waals surface area contributed by atoms with Crippen molar-refractivity contribution in [3.05, 3.63) is 59.0 Å². The van der Waals surface area contributed by atoms with Crippen LogP contribution in [-0.2, 0) is 6.42 Å². The topological polar surface area (TPSA) is 59.3 Å². The highest BCUT2D eigenvalue weighted by molar-refractivity contribution is 6.08. The van der Waals surface area contributed by atoms with Gasteiger partial charge in [0.25, 0.3) is 12.3 Å². The predicted molar refractivity (Wildman–Crippen MR) is 86.5 cm³/mol. The Morgan fingerprint density at radius 3 is 2.83 bits per heavy atom. The number of aryl methyl sites for hydroxylation is 2. The number of nitrogens with one attached hydrogen (secondary N) is 1. The van der Waals surface area contributed by atoms with Gasteiger partial charge in [-0.3, -0.25) is 4.79 Å². The van der Waals surface area contributed by atoms with Crippen LogP contribution in [-0.4, -0.2) is 20.5 Å². The minimum Gasteiger partial charge on any atom is -0.322 e. The first-order valence-corrected chi connectivity index (χ1v) is 7.53. The van der Waals surface area contributed by atoms with E-state index in [2.05, 4.69) is 15.4 Å².